The molecule has 0 spiro atoms. The van der Waals surface area contributed by atoms with Gasteiger partial charge in [-0.2, -0.15) is 13.2 Å². The number of carbonyl (C=O) groups excluding carboxylic acids is 1. The molecule has 5 nitrogen and oxygen atoms in total. The van der Waals surface area contributed by atoms with E-state index in [-0.39, 0.29) is 25.8 Å². The van der Waals surface area contributed by atoms with E-state index in [4.69, 9.17) is 4.74 Å². The van der Waals surface area contributed by atoms with Gasteiger partial charge >= 0.3 is 6.18 Å². The molecule has 1 aliphatic rings. The molecular formula is C13H17F3N2O3S. The number of hydrogen-bond acceptors (Lipinski definition) is 5. The molecule has 0 aromatic carbocycles. The van der Waals surface area contributed by atoms with Crippen LogP contribution < -0.4 is 0 Å². The standard InChI is InChI=1S/C13H17F3N2O3S/c1-8-7-22-11(17-8)12(20,13(14,15)16)5-10(19)18-3-4-21-9(2)6-18/h7,9,20H,3-6H2,1-2H3/t9-,12+/m0/s1. The molecule has 1 aliphatic heterocycles. The summed E-state index contributed by atoms with van der Waals surface area (Å²) in [5.41, 5.74) is -2.89. The third kappa shape index (κ3) is 3.41. The van der Waals surface area contributed by atoms with E-state index in [0.29, 0.717) is 17.0 Å². The van der Waals surface area contributed by atoms with Gasteiger partial charge in [0.05, 0.1) is 19.1 Å². The van der Waals surface area contributed by atoms with Gasteiger partial charge in [0.2, 0.25) is 11.5 Å². The Morgan fingerprint density at radius 1 is 1.59 bits per heavy atom. The van der Waals surface area contributed by atoms with Crippen LogP contribution in [0.25, 0.3) is 0 Å². The molecule has 22 heavy (non-hydrogen) atoms. The molecule has 0 unspecified atom stereocenters. The molecule has 1 aromatic rings. The first-order chi connectivity index (χ1) is 10.1. The number of aromatic nitrogens is 1. The van der Waals surface area contributed by atoms with Crippen molar-refractivity contribution < 1.29 is 27.8 Å². The third-order valence-corrected chi connectivity index (χ3v) is 4.55. The second-order valence-corrected chi connectivity index (χ2v) is 6.21. The minimum atomic E-state index is -4.98. The van der Waals surface area contributed by atoms with Gasteiger partial charge in [-0.3, -0.25) is 4.79 Å². The normalized spacial score (nSPS) is 22.5. The lowest BCUT2D eigenvalue weighted by Crippen LogP contribution is -2.50. The first-order valence-corrected chi connectivity index (χ1v) is 7.62. The molecule has 124 valence electrons. The second kappa shape index (κ2) is 6.13. The zero-order valence-electron chi connectivity index (χ0n) is 12.2. The summed E-state index contributed by atoms with van der Waals surface area (Å²) in [5, 5.41) is 11.0. The van der Waals surface area contributed by atoms with Crippen molar-refractivity contribution in [2.45, 2.75) is 38.1 Å². The number of aliphatic hydroxyl groups is 1. The minimum absolute atomic E-state index is 0.212. The highest BCUT2D eigenvalue weighted by Crippen LogP contribution is 2.43. The van der Waals surface area contributed by atoms with Crippen LogP contribution in [0.3, 0.4) is 0 Å². The fourth-order valence-corrected chi connectivity index (χ4v) is 3.13. The van der Waals surface area contributed by atoms with Crippen LogP contribution >= 0.6 is 11.3 Å². The molecule has 1 N–H and O–H groups in total. The summed E-state index contributed by atoms with van der Waals surface area (Å²) in [6, 6.07) is 0. The second-order valence-electron chi connectivity index (χ2n) is 5.35. The summed E-state index contributed by atoms with van der Waals surface area (Å²) < 4.78 is 45.2. The molecule has 0 bridgehead atoms. The maximum absolute atomic E-state index is 13.3. The molecule has 2 heterocycles. The van der Waals surface area contributed by atoms with Crippen LogP contribution in [0, 0.1) is 6.92 Å². The lowest BCUT2D eigenvalue weighted by Gasteiger charge is -2.34. The van der Waals surface area contributed by atoms with Crippen molar-refractivity contribution in [3.05, 3.63) is 16.1 Å². The highest BCUT2D eigenvalue weighted by Gasteiger charge is 2.58. The highest BCUT2D eigenvalue weighted by molar-refractivity contribution is 7.09. The van der Waals surface area contributed by atoms with Crippen molar-refractivity contribution in [3.8, 4) is 0 Å². The SMILES string of the molecule is Cc1csc([C@](O)(CC(=O)N2CCO[C@@H](C)C2)C(F)(F)F)n1. The van der Waals surface area contributed by atoms with E-state index < -0.39 is 29.1 Å². The minimum Gasteiger partial charge on any atom is -0.375 e. The van der Waals surface area contributed by atoms with Gasteiger partial charge < -0.3 is 14.7 Å². The van der Waals surface area contributed by atoms with Crippen LogP contribution in [0.15, 0.2) is 5.38 Å². The predicted octanol–water partition coefficient (Wildman–Crippen LogP) is 1.84. The van der Waals surface area contributed by atoms with Crippen molar-refractivity contribution in [1.82, 2.24) is 9.88 Å². The van der Waals surface area contributed by atoms with E-state index in [0.717, 1.165) is 0 Å². The molecule has 2 rings (SSSR count). The van der Waals surface area contributed by atoms with Gasteiger partial charge in [-0.1, -0.05) is 0 Å². The lowest BCUT2D eigenvalue weighted by atomic mass is 9.98. The Labute approximate surface area is 129 Å². The van der Waals surface area contributed by atoms with Crippen LogP contribution in [0.4, 0.5) is 13.2 Å². The Morgan fingerprint density at radius 3 is 2.77 bits per heavy atom. The molecule has 9 heteroatoms. The van der Waals surface area contributed by atoms with E-state index in [1.807, 2.05) is 0 Å². The number of ether oxygens (including phenoxy) is 1. The van der Waals surface area contributed by atoms with E-state index in [2.05, 4.69) is 4.98 Å². The number of halogens is 3. The molecular weight excluding hydrogens is 321 g/mol. The fourth-order valence-electron chi connectivity index (χ4n) is 2.22. The van der Waals surface area contributed by atoms with Crippen molar-refractivity contribution >= 4 is 17.2 Å². The first-order valence-electron chi connectivity index (χ1n) is 6.74. The average Bonchev–Trinajstić information content (AvgIpc) is 2.84. The number of nitrogens with zero attached hydrogens (tertiary/aromatic N) is 2. The molecule has 0 aliphatic carbocycles. The zero-order chi connectivity index (χ0) is 16.5. The molecule has 2 atom stereocenters. The van der Waals surface area contributed by atoms with Gasteiger partial charge in [-0.15, -0.1) is 11.3 Å². The Bertz CT molecular complexity index is 549. The van der Waals surface area contributed by atoms with E-state index >= 15 is 0 Å². The fraction of sp³-hybridized carbons (Fsp3) is 0.692. The van der Waals surface area contributed by atoms with E-state index in [1.54, 1.807) is 6.92 Å². The van der Waals surface area contributed by atoms with E-state index in [1.165, 1.54) is 17.2 Å². The number of morpholine rings is 1. The summed E-state index contributed by atoms with van der Waals surface area (Å²) in [7, 11) is 0. The van der Waals surface area contributed by atoms with Gasteiger partial charge in [-0.25, -0.2) is 4.98 Å². The number of hydrogen-bond donors (Lipinski definition) is 1. The highest BCUT2D eigenvalue weighted by atomic mass is 32.1. The Hall–Kier alpha value is -1.19. The van der Waals surface area contributed by atoms with Crippen LogP contribution in [0.1, 0.15) is 24.0 Å². The molecule has 1 amide bonds. The quantitative estimate of drug-likeness (QED) is 0.913. The summed E-state index contributed by atoms with van der Waals surface area (Å²) in [5.74, 6) is -0.761. The number of carbonyl (C=O) groups is 1. The topological polar surface area (TPSA) is 62.7 Å². The van der Waals surface area contributed by atoms with Gasteiger partial charge in [0, 0.05) is 24.2 Å². The molecule has 0 saturated carbocycles. The Kier molecular flexibility index (Phi) is 4.78. The first kappa shape index (κ1) is 17.2. The van der Waals surface area contributed by atoms with Crippen molar-refractivity contribution in [2.24, 2.45) is 0 Å². The number of aryl methyl sites for hydroxylation is 1. The Balaban J connectivity index is 2.22. The third-order valence-electron chi connectivity index (χ3n) is 3.44. The van der Waals surface area contributed by atoms with Crippen molar-refractivity contribution in [1.29, 1.82) is 0 Å². The van der Waals surface area contributed by atoms with Crippen LogP contribution in [0.5, 0.6) is 0 Å². The number of alkyl halides is 3. The van der Waals surface area contributed by atoms with Crippen molar-refractivity contribution in [2.75, 3.05) is 19.7 Å². The van der Waals surface area contributed by atoms with Gasteiger partial charge in [-0.05, 0) is 13.8 Å². The summed E-state index contributed by atoms with van der Waals surface area (Å²) >= 11 is 0.696. The monoisotopic (exact) mass is 338 g/mol. The average molecular weight is 338 g/mol. The molecule has 1 fully saturated rings. The lowest BCUT2D eigenvalue weighted by molar-refractivity contribution is -0.268. The maximum atomic E-state index is 13.3. The van der Waals surface area contributed by atoms with Crippen LogP contribution in [-0.2, 0) is 15.1 Å². The van der Waals surface area contributed by atoms with Crippen LogP contribution in [0.2, 0.25) is 0 Å². The summed E-state index contributed by atoms with van der Waals surface area (Å²) in [4.78, 5) is 17.2. The van der Waals surface area contributed by atoms with E-state index in [9.17, 15) is 23.1 Å². The molecule has 1 saturated heterocycles. The van der Waals surface area contributed by atoms with Gasteiger partial charge in [0.1, 0.15) is 5.01 Å². The van der Waals surface area contributed by atoms with Gasteiger partial charge in [0.25, 0.3) is 0 Å². The number of thiazole rings is 1. The number of amides is 1. The number of rotatable bonds is 3. The smallest absolute Gasteiger partial charge is 0.375 e. The largest absolute Gasteiger partial charge is 0.424 e. The van der Waals surface area contributed by atoms with Crippen molar-refractivity contribution in [3.63, 3.8) is 0 Å². The van der Waals surface area contributed by atoms with Crippen LogP contribution in [-0.4, -0.2) is 52.9 Å². The zero-order valence-corrected chi connectivity index (χ0v) is 13.0. The summed E-state index contributed by atoms with van der Waals surface area (Å²) in [6.07, 6.45) is -6.29. The predicted molar refractivity (Wildman–Crippen MR) is 73.4 cm³/mol. The Morgan fingerprint density at radius 2 is 2.27 bits per heavy atom. The summed E-state index contributed by atoms with van der Waals surface area (Å²) in [6.45, 7) is 3.97. The van der Waals surface area contributed by atoms with Gasteiger partial charge in [0.15, 0.2) is 0 Å². The molecule has 0 radical (unpaired) electrons. The molecule has 1 aromatic heterocycles. The maximum Gasteiger partial charge on any atom is 0.424 e.